The average molecular weight is 497 g/mol. The summed E-state index contributed by atoms with van der Waals surface area (Å²) in [6.45, 7) is 4.08. The molecule has 4 aromatic rings. The Hall–Kier alpha value is -3.13. The van der Waals surface area contributed by atoms with E-state index in [9.17, 15) is 13.6 Å². The molecule has 3 heterocycles. The Kier molecular flexibility index (Phi) is 5.04. The van der Waals surface area contributed by atoms with E-state index in [1.807, 2.05) is 19.9 Å². The fraction of sp³-hybridized carbons (Fsp3) is 0.208. The van der Waals surface area contributed by atoms with Gasteiger partial charge in [0.05, 0.1) is 34.5 Å². The van der Waals surface area contributed by atoms with Crippen molar-refractivity contribution in [3.63, 3.8) is 0 Å². The van der Waals surface area contributed by atoms with Gasteiger partial charge in [-0.2, -0.15) is 0 Å². The van der Waals surface area contributed by atoms with E-state index in [1.165, 1.54) is 12.1 Å². The van der Waals surface area contributed by atoms with Crippen LogP contribution in [0, 0.1) is 11.6 Å². The van der Waals surface area contributed by atoms with Crippen LogP contribution < -0.4 is 10.9 Å². The molecule has 2 aromatic heterocycles. The van der Waals surface area contributed by atoms with Gasteiger partial charge in [-0.25, -0.2) is 13.8 Å². The number of benzene rings is 2. The summed E-state index contributed by atoms with van der Waals surface area (Å²) in [5.74, 6) is -0.620. The van der Waals surface area contributed by atoms with Crippen molar-refractivity contribution in [2.24, 2.45) is 0 Å². The van der Waals surface area contributed by atoms with E-state index < -0.39 is 17.7 Å². The number of aromatic nitrogens is 3. The molecule has 0 aliphatic carbocycles. The van der Waals surface area contributed by atoms with Gasteiger partial charge in [-0.05, 0) is 47.9 Å². The fourth-order valence-corrected chi connectivity index (χ4v) is 4.42. The van der Waals surface area contributed by atoms with E-state index in [-0.39, 0.29) is 17.9 Å². The smallest absolute Gasteiger partial charge is 0.266 e. The molecule has 1 unspecified atom stereocenters. The molecule has 2 aromatic carbocycles. The van der Waals surface area contributed by atoms with Crippen molar-refractivity contribution in [1.82, 2.24) is 14.5 Å². The van der Waals surface area contributed by atoms with Crippen LogP contribution in [0.15, 0.2) is 57.9 Å². The summed E-state index contributed by atoms with van der Waals surface area (Å²) in [6, 6.07) is 10.2. The Bertz CT molecular complexity index is 1410. The Labute approximate surface area is 191 Å². The lowest BCUT2D eigenvalue weighted by Gasteiger charge is -2.30. The van der Waals surface area contributed by atoms with Gasteiger partial charge in [0, 0.05) is 22.7 Å². The van der Waals surface area contributed by atoms with Crippen molar-refractivity contribution in [1.29, 1.82) is 0 Å². The Morgan fingerprint density at radius 1 is 1.12 bits per heavy atom. The van der Waals surface area contributed by atoms with Crippen LogP contribution >= 0.6 is 15.9 Å². The molecule has 5 nitrogen and oxygen atoms in total. The highest BCUT2D eigenvalue weighted by atomic mass is 79.9. The summed E-state index contributed by atoms with van der Waals surface area (Å²) in [5, 5.41) is 3.90. The maximum Gasteiger partial charge on any atom is 0.266 e. The third-order valence-corrected chi connectivity index (χ3v) is 6.09. The number of rotatable bonds is 3. The standard InChI is InChI=1S/C24H19BrF2N4O/c1-12(2)18-10-20-22(11-28-18)31-23(30-19-8-14(25)3-4-17(19)24(31)32)21(29-20)7-13-5-15(26)9-16(27)6-13/h3-6,8-12,21,29H,7H2,1-2H3. The highest BCUT2D eigenvalue weighted by molar-refractivity contribution is 9.10. The van der Waals surface area contributed by atoms with Gasteiger partial charge in [-0.3, -0.25) is 14.3 Å². The molecule has 1 N–H and O–H groups in total. The number of hydrogen-bond acceptors (Lipinski definition) is 4. The lowest BCUT2D eigenvalue weighted by Crippen LogP contribution is -2.33. The average Bonchev–Trinajstić information content (AvgIpc) is 2.72. The molecule has 0 bridgehead atoms. The van der Waals surface area contributed by atoms with Crippen LogP contribution in [-0.2, 0) is 6.42 Å². The van der Waals surface area contributed by atoms with Gasteiger partial charge in [0.25, 0.3) is 5.56 Å². The second-order valence-electron chi connectivity index (χ2n) is 8.23. The molecule has 0 amide bonds. The Morgan fingerprint density at radius 2 is 1.88 bits per heavy atom. The van der Waals surface area contributed by atoms with E-state index in [2.05, 4.69) is 26.2 Å². The zero-order chi connectivity index (χ0) is 22.6. The molecule has 5 rings (SSSR count). The zero-order valence-electron chi connectivity index (χ0n) is 17.4. The third kappa shape index (κ3) is 3.58. The topological polar surface area (TPSA) is 59.8 Å². The maximum absolute atomic E-state index is 13.8. The highest BCUT2D eigenvalue weighted by Gasteiger charge is 2.29. The van der Waals surface area contributed by atoms with Crippen LogP contribution in [-0.4, -0.2) is 14.5 Å². The predicted molar refractivity (Wildman–Crippen MR) is 123 cm³/mol. The van der Waals surface area contributed by atoms with E-state index in [1.54, 1.807) is 29.0 Å². The van der Waals surface area contributed by atoms with Gasteiger partial charge in [0.2, 0.25) is 0 Å². The minimum atomic E-state index is -0.643. The second-order valence-corrected chi connectivity index (χ2v) is 9.15. The second kappa shape index (κ2) is 7.78. The summed E-state index contributed by atoms with van der Waals surface area (Å²) >= 11 is 3.43. The van der Waals surface area contributed by atoms with Crippen LogP contribution in [0.25, 0.3) is 16.6 Å². The zero-order valence-corrected chi connectivity index (χ0v) is 19.0. The third-order valence-electron chi connectivity index (χ3n) is 5.60. The van der Waals surface area contributed by atoms with Crippen LogP contribution in [0.3, 0.4) is 0 Å². The molecule has 0 radical (unpaired) electrons. The van der Waals surface area contributed by atoms with Gasteiger partial charge < -0.3 is 5.32 Å². The van der Waals surface area contributed by atoms with E-state index in [0.717, 1.165) is 21.9 Å². The van der Waals surface area contributed by atoms with Crippen LogP contribution in [0.4, 0.5) is 14.5 Å². The number of fused-ring (bicyclic) bond motifs is 4. The summed E-state index contributed by atoms with van der Waals surface area (Å²) in [4.78, 5) is 22.8. The van der Waals surface area contributed by atoms with Gasteiger partial charge in [-0.1, -0.05) is 29.8 Å². The van der Waals surface area contributed by atoms with E-state index in [4.69, 9.17) is 4.98 Å². The van der Waals surface area contributed by atoms with Crippen molar-refractivity contribution >= 4 is 32.5 Å². The first-order chi connectivity index (χ1) is 15.3. The monoisotopic (exact) mass is 496 g/mol. The van der Waals surface area contributed by atoms with Crippen LogP contribution in [0.1, 0.15) is 42.9 Å². The highest BCUT2D eigenvalue weighted by Crippen LogP contribution is 2.35. The number of anilines is 1. The Balaban J connectivity index is 1.74. The van der Waals surface area contributed by atoms with Crippen molar-refractivity contribution in [2.45, 2.75) is 32.2 Å². The van der Waals surface area contributed by atoms with E-state index >= 15 is 0 Å². The minimum absolute atomic E-state index is 0.197. The molecule has 32 heavy (non-hydrogen) atoms. The summed E-state index contributed by atoms with van der Waals surface area (Å²) < 4.78 is 30.0. The maximum atomic E-state index is 13.8. The first kappa shape index (κ1) is 20.8. The molecule has 1 atom stereocenters. The molecule has 162 valence electrons. The number of nitrogens with one attached hydrogen (secondary N) is 1. The fourth-order valence-electron chi connectivity index (χ4n) is 4.08. The Morgan fingerprint density at radius 3 is 2.59 bits per heavy atom. The quantitative estimate of drug-likeness (QED) is 0.397. The van der Waals surface area contributed by atoms with Gasteiger partial charge in [0.1, 0.15) is 17.5 Å². The van der Waals surface area contributed by atoms with Crippen LogP contribution in [0.2, 0.25) is 0 Å². The van der Waals surface area contributed by atoms with Crippen molar-refractivity contribution in [3.8, 4) is 5.69 Å². The molecule has 0 saturated carbocycles. The number of pyridine rings is 1. The SMILES string of the molecule is CC(C)c1cc2c(cn1)-n1c(nc3cc(Br)ccc3c1=O)C(Cc1cc(F)cc(F)c1)N2. The van der Waals surface area contributed by atoms with Gasteiger partial charge >= 0.3 is 0 Å². The molecule has 0 spiro atoms. The van der Waals surface area contributed by atoms with E-state index in [0.29, 0.717) is 28.0 Å². The van der Waals surface area contributed by atoms with Gasteiger partial charge in [0.15, 0.2) is 0 Å². The molecule has 0 fully saturated rings. The minimum Gasteiger partial charge on any atom is -0.373 e. The normalized spacial score (nSPS) is 14.9. The lowest BCUT2D eigenvalue weighted by atomic mass is 10.0. The molecule has 8 heteroatoms. The first-order valence-electron chi connectivity index (χ1n) is 10.2. The van der Waals surface area contributed by atoms with Crippen molar-refractivity contribution < 1.29 is 8.78 Å². The van der Waals surface area contributed by atoms with Crippen LogP contribution in [0.5, 0.6) is 0 Å². The number of nitrogens with zero attached hydrogens (tertiary/aromatic N) is 3. The molecular weight excluding hydrogens is 478 g/mol. The van der Waals surface area contributed by atoms with Crippen molar-refractivity contribution in [3.05, 3.63) is 92.2 Å². The van der Waals surface area contributed by atoms with Crippen molar-refractivity contribution in [2.75, 3.05) is 5.32 Å². The molecule has 1 aliphatic heterocycles. The lowest BCUT2D eigenvalue weighted by molar-refractivity contribution is 0.574. The number of halogens is 3. The van der Waals surface area contributed by atoms with Gasteiger partial charge in [-0.15, -0.1) is 0 Å². The summed E-state index contributed by atoms with van der Waals surface area (Å²) in [6.07, 6.45) is 1.92. The number of hydrogen-bond donors (Lipinski definition) is 1. The summed E-state index contributed by atoms with van der Waals surface area (Å²) in [5.41, 5.74) is 3.02. The summed E-state index contributed by atoms with van der Waals surface area (Å²) in [7, 11) is 0. The molecular formula is C24H19BrF2N4O. The molecule has 1 aliphatic rings. The predicted octanol–water partition coefficient (Wildman–Crippen LogP) is 5.65. The first-order valence-corrected chi connectivity index (χ1v) is 11.0. The largest absolute Gasteiger partial charge is 0.373 e. The molecule has 0 saturated heterocycles.